The molecule has 4 aromatic rings. The second-order valence-electron chi connectivity index (χ2n) is 4.02. The van der Waals surface area contributed by atoms with Gasteiger partial charge in [0.25, 0.3) is 0 Å². The van der Waals surface area contributed by atoms with Crippen LogP contribution in [-0.2, 0) is 0 Å². The van der Waals surface area contributed by atoms with E-state index >= 15 is 0 Å². The molecular weight excluding hydrogens is 228 g/mol. The average Bonchev–Trinajstić information content (AvgIpc) is 2.73. The van der Waals surface area contributed by atoms with E-state index < -0.39 is 0 Å². The first-order valence-corrected chi connectivity index (χ1v) is 6.24. The zero-order chi connectivity index (χ0) is 11.2. The van der Waals surface area contributed by atoms with E-state index in [0.717, 1.165) is 5.52 Å². The molecule has 1 aromatic carbocycles. The lowest BCUT2D eigenvalue weighted by molar-refractivity contribution is 1.37. The predicted octanol–water partition coefficient (Wildman–Crippen LogP) is 4.00. The first-order chi connectivity index (χ1) is 8.42. The summed E-state index contributed by atoms with van der Waals surface area (Å²) in [5.74, 6) is 0. The summed E-state index contributed by atoms with van der Waals surface area (Å²) >= 11 is 1.79. The molecule has 0 saturated carbocycles. The summed E-state index contributed by atoms with van der Waals surface area (Å²) in [7, 11) is 0. The molecule has 0 spiro atoms. The molecule has 0 amide bonds. The molecule has 0 atom stereocenters. The summed E-state index contributed by atoms with van der Waals surface area (Å²) in [6.45, 7) is 0. The number of hydrogen-bond donors (Lipinski definition) is 0. The van der Waals surface area contributed by atoms with Crippen molar-refractivity contribution in [2.75, 3.05) is 0 Å². The van der Waals surface area contributed by atoms with E-state index in [2.05, 4.69) is 28.2 Å². The monoisotopic (exact) mass is 236 g/mol. The number of nitrogens with zero attached hydrogens (tertiary/aromatic N) is 2. The standard InChI is InChI=1S/C14H8N2S/c1-2-12-14(16-4-1)11-6-9-3-5-15-8-10(9)7-13(11)17-12/h1-8H. The van der Waals surface area contributed by atoms with E-state index in [1.165, 1.54) is 25.6 Å². The number of hydrogen-bond acceptors (Lipinski definition) is 3. The zero-order valence-electron chi connectivity index (χ0n) is 8.92. The molecule has 4 rings (SSSR count). The molecule has 3 heteroatoms. The van der Waals surface area contributed by atoms with Crippen LogP contribution in [0.15, 0.2) is 48.9 Å². The number of aromatic nitrogens is 2. The fraction of sp³-hybridized carbons (Fsp3) is 0. The van der Waals surface area contributed by atoms with Crippen LogP contribution in [0.5, 0.6) is 0 Å². The quantitative estimate of drug-likeness (QED) is 0.461. The normalized spacial score (nSPS) is 11.5. The van der Waals surface area contributed by atoms with Crippen LogP contribution in [0.4, 0.5) is 0 Å². The van der Waals surface area contributed by atoms with E-state index in [-0.39, 0.29) is 0 Å². The highest BCUT2D eigenvalue weighted by Gasteiger charge is 2.06. The van der Waals surface area contributed by atoms with Crippen LogP contribution < -0.4 is 0 Å². The van der Waals surface area contributed by atoms with Gasteiger partial charge in [-0.25, -0.2) is 0 Å². The lowest BCUT2D eigenvalue weighted by Crippen LogP contribution is -1.75. The number of rotatable bonds is 0. The van der Waals surface area contributed by atoms with Crippen molar-refractivity contribution in [3.63, 3.8) is 0 Å². The largest absolute Gasteiger partial charge is 0.264 e. The Balaban J connectivity index is 2.28. The third kappa shape index (κ3) is 1.26. The van der Waals surface area contributed by atoms with Gasteiger partial charge < -0.3 is 0 Å². The summed E-state index contributed by atoms with van der Waals surface area (Å²) < 4.78 is 2.52. The number of pyridine rings is 2. The minimum Gasteiger partial charge on any atom is -0.264 e. The second kappa shape index (κ2) is 3.25. The predicted molar refractivity (Wildman–Crippen MR) is 72.4 cm³/mol. The Hall–Kier alpha value is -2.00. The highest BCUT2D eigenvalue weighted by molar-refractivity contribution is 7.25. The molecule has 3 aromatic heterocycles. The molecule has 3 heterocycles. The molecule has 0 aliphatic carbocycles. The topological polar surface area (TPSA) is 25.8 Å². The Morgan fingerprint density at radius 1 is 0.941 bits per heavy atom. The van der Waals surface area contributed by atoms with E-state index in [1.807, 2.05) is 30.7 Å². The number of benzene rings is 1. The van der Waals surface area contributed by atoms with Crippen LogP contribution in [0.2, 0.25) is 0 Å². The van der Waals surface area contributed by atoms with E-state index in [1.54, 1.807) is 11.3 Å². The van der Waals surface area contributed by atoms with Gasteiger partial charge in [0.05, 0.1) is 10.2 Å². The Labute approximate surface area is 102 Å². The molecule has 0 aliphatic rings. The van der Waals surface area contributed by atoms with Crippen LogP contribution in [0.3, 0.4) is 0 Å². The fourth-order valence-corrected chi connectivity index (χ4v) is 3.27. The zero-order valence-corrected chi connectivity index (χ0v) is 9.74. The summed E-state index contributed by atoms with van der Waals surface area (Å²) in [5.41, 5.74) is 1.10. The van der Waals surface area contributed by atoms with E-state index in [0.29, 0.717) is 0 Å². The molecule has 0 radical (unpaired) electrons. The van der Waals surface area contributed by atoms with Crippen molar-refractivity contribution in [1.82, 2.24) is 9.97 Å². The van der Waals surface area contributed by atoms with Crippen molar-refractivity contribution in [2.24, 2.45) is 0 Å². The Morgan fingerprint density at radius 3 is 2.94 bits per heavy atom. The summed E-state index contributed by atoms with van der Waals surface area (Å²) in [6.07, 6.45) is 5.59. The highest BCUT2D eigenvalue weighted by Crippen LogP contribution is 2.34. The number of fused-ring (bicyclic) bond motifs is 4. The second-order valence-corrected chi connectivity index (χ2v) is 5.11. The molecule has 0 unspecified atom stereocenters. The summed E-state index contributed by atoms with van der Waals surface area (Å²) in [6, 6.07) is 10.6. The molecule has 0 aliphatic heterocycles. The fourth-order valence-electron chi connectivity index (χ4n) is 2.18. The Kier molecular flexibility index (Phi) is 1.73. The molecule has 17 heavy (non-hydrogen) atoms. The number of thiophene rings is 1. The summed E-state index contributed by atoms with van der Waals surface area (Å²) in [5, 5.41) is 3.65. The molecule has 0 fully saturated rings. The van der Waals surface area contributed by atoms with Gasteiger partial charge in [-0.15, -0.1) is 11.3 Å². The van der Waals surface area contributed by atoms with Crippen LogP contribution in [0.25, 0.3) is 31.1 Å². The van der Waals surface area contributed by atoms with Gasteiger partial charge in [-0.3, -0.25) is 9.97 Å². The Morgan fingerprint density at radius 2 is 1.94 bits per heavy atom. The summed E-state index contributed by atoms with van der Waals surface area (Å²) in [4.78, 5) is 8.63. The van der Waals surface area contributed by atoms with Crippen molar-refractivity contribution in [3.8, 4) is 0 Å². The van der Waals surface area contributed by atoms with E-state index in [4.69, 9.17) is 0 Å². The molecule has 0 N–H and O–H groups in total. The van der Waals surface area contributed by atoms with Crippen LogP contribution >= 0.6 is 11.3 Å². The molecule has 2 nitrogen and oxygen atoms in total. The molecular formula is C14H8N2S. The first-order valence-electron chi connectivity index (χ1n) is 5.43. The lowest BCUT2D eigenvalue weighted by Gasteiger charge is -1.96. The minimum absolute atomic E-state index is 1.10. The van der Waals surface area contributed by atoms with Gasteiger partial charge in [0.15, 0.2) is 0 Å². The smallest absolute Gasteiger partial charge is 0.0888 e. The van der Waals surface area contributed by atoms with Crippen molar-refractivity contribution >= 4 is 42.4 Å². The maximum atomic E-state index is 4.47. The van der Waals surface area contributed by atoms with Gasteiger partial charge in [0.2, 0.25) is 0 Å². The van der Waals surface area contributed by atoms with Crippen LogP contribution in [0.1, 0.15) is 0 Å². The molecule has 0 saturated heterocycles. The van der Waals surface area contributed by atoms with Crippen molar-refractivity contribution < 1.29 is 0 Å². The maximum absolute atomic E-state index is 4.47. The van der Waals surface area contributed by atoms with Gasteiger partial charge in [-0.05, 0) is 35.7 Å². The van der Waals surface area contributed by atoms with Crippen molar-refractivity contribution in [2.45, 2.75) is 0 Å². The van der Waals surface area contributed by atoms with Gasteiger partial charge in [-0.2, -0.15) is 0 Å². The van der Waals surface area contributed by atoms with Gasteiger partial charge in [-0.1, -0.05) is 0 Å². The van der Waals surface area contributed by atoms with Crippen LogP contribution in [-0.4, -0.2) is 9.97 Å². The lowest BCUT2D eigenvalue weighted by atomic mass is 10.1. The van der Waals surface area contributed by atoms with Crippen LogP contribution in [0, 0.1) is 0 Å². The molecule has 80 valence electrons. The Bertz CT molecular complexity index is 842. The van der Waals surface area contributed by atoms with Gasteiger partial charge >= 0.3 is 0 Å². The SMILES string of the molecule is c1cnc2c(c1)sc1cc3cnccc3cc12. The average molecular weight is 236 g/mol. The van der Waals surface area contributed by atoms with Crippen molar-refractivity contribution in [1.29, 1.82) is 0 Å². The third-order valence-electron chi connectivity index (χ3n) is 2.98. The highest BCUT2D eigenvalue weighted by atomic mass is 32.1. The van der Waals surface area contributed by atoms with Gasteiger partial charge in [0.1, 0.15) is 0 Å². The molecule has 0 bridgehead atoms. The minimum atomic E-state index is 1.10. The van der Waals surface area contributed by atoms with E-state index in [9.17, 15) is 0 Å². The maximum Gasteiger partial charge on any atom is 0.0888 e. The first kappa shape index (κ1) is 9.07. The van der Waals surface area contributed by atoms with Gasteiger partial charge in [0, 0.05) is 34.1 Å². The van der Waals surface area contributed by atoms with Crippen molar-refractivity contribution in [3.05, 3.63) is 48.9 Å². The third-order valence-corrected chi connectivity index (χ3v) is 4.09.